The molecular weight excluding hydrogens is 303 g/mol. The van der Waals surface area contributed by atoms with Gasteiger partial charge >= 0.3 is 6.18 Å². The van der Waals surface area contributed by atoms with Crippen LogP contribution in [-0.4, -0.2) is 35.4 Å². The Labute approximate surface area is 129 Å². The third kappa shape index (κ3) is 4.05. The Morgan fingerprint density at radius 2 is 1.76 bits per heavy atom. The second kappa shape index (κ2) is 7.21. The van der Waals surface area contributed by atoms with Gasteiger partial charge in [-0.25, -0.2) is 0 Å². The molecule has 3 unspecified atom stereocenters. The molecule has 21 heavy (non-hydrogen) atoms. The van der Waals surface area contributed by atoms with E-state index < -0.39 is 18.0 Å². The Hall–Kier alpha value is -0.450. The number of carbonyl (C=O) groups excluding carboxylic acids is 1. The molecule has 0 aromatic carbocycles. The van der Waals surface area contributed by atoms with Gasteiger partial charge < -0.3 is 4.90 Å². The van der Waals surface area contributed by atoms with Crippen molar-refractivity contribution in [3.8, 4) is 0 Å². The molecule has 2 nitrogen and oxygen atoms in total. The van der Waals surface area contributed by atoms with E-state index in [4.69, 9.17) is 11.6 Å². The maximum Gasteiger partial charge on any atom is 0.392 e. The molecule has 2 rings (SSSR count). The zero-order valence-electron chi connectivity index (χ0n) is 12.2. The summed E-state index contributed by atoms with van der Waals surface area (Å²) >= 11 is 5.77. The highest BCUT2D eigenvalue weighted by atomic mass is 35.5. The topological polar surface area (TPSA) is 20.3 Å². The van der Waals surface area contributed by atoms with Crippen LogP contribution in [0.4, 0.5) is 13.2 Å². The van der Waals surface area contributed by atoms with Gasteiger partial charge in [-0.2, -0.15) is 13.2 Å². The van der Waals surface area contributed by atoms with Gasteiger partial charge in [-0.05, 0) is 38.5 Å². The minimum atomic E-state index is -4.27. The number of carbonyl (C=O) groups is 1. The first kappa shape index (κ1) is 16.9. The molecule has 2 aliphatic rings. The van der Waals surface area contributed by atoms with Crippen LogP contribution in [0.25, 0.3) is 0 Å². The molecule has 0 aromatic rings. The fraction of sp³-hybridized carbons (Fsp3) is 0.933. The Kier molecular flexibility index (Phi) is 5.81. The summed E-state index contributed by atoms with van der Waals surface area (Å²) in [4.78, 5) is 14.4. The van der Waals surface area contributed by atoms with Crippen LogP contribution in [-0.2, 0) is 4.79 Å². The van der Waals surface area contributed by atoms with Crippen LogP contribution in [0.1, 0.15) is 51.4 Å². The lowest BCUT2D eigenvalue weighted by Gasteiger charge is -2.41. The number of rotatable bonds is 3. The molecule has 1 aliphatic heterocycles. The molecule has 6 heteroatoms. The molecule has 1 saturated carbocycles. The second-order valence-electron chi connectivity index (χ2n) is 6.20. The lowest BCUT2D eigenvalue weighted by atomic mass is 9.77. The van der Waals surface area contributed by atoms with Gasteiger partial charge in [0.05, 0.1) is 5.92 Å². The fourth-order valence-electron chi connectivity index (χ4n) is 3.75. The number of likely N-dealkylation sites (tertiary alicyclic amines) is 1. The van der Waals surface area contributed by atoms with E-state index in [1.54, 1.807) is 4.90 Å². The van der Waals surface area contributed by atoms with Gasteiger partial charge in [0.25, 0.3) is 0 Å². The van der Waals surface area contributed by atoms with Crippen molar-refractivity contribution in [2.24, 2.45) is 11.8 Å². The smallest absolute Gasteiger partial charge is 0.339 e. The maximum absolute atomic E-state index is 13.2. The zero-order chi connectivity index (χ0) is 15.5. The van der Waals surface area contributed by atoms with Gasteiger partial charge in [-0.1, -0.05) is 12.8 Å². The van der Waals surface area contributed by atoms with Crippen LogP contribution in [0.15, 0.2) is 0 Å². The lowest BCUT2D eigenvalue weighted by Crippen LogP contribution is -2.50. The molecular formula is C15H23ClF3NO. The van der Waals surface area contributed by atoms with Crippen molar-refractivity contribution in [1.29, 1.82) is 0 Å². The van der Waals surface area contributed by atoms with Crippen LogP contribution >= 0.6 is 11.6 Å². The van der Waals surface area contributed by atoms with Crippen LogP contribution in [0.5, 0.6) is 0 Å². The van der Waals surface area contributed by atoms with Gasteiger partial charge in [0.1, 0.15) is 0 Å². The van der Waals surface area contributed by atoms with Crippen LogP contribution in [0, 0.1) is 11.8 Å². The summed E-state index contributed by atoms with van der Waals surface area (Å²) in [5.41, 5.74) is 0. The summed E-state index contributed by atoms with van der Waals surface area (Å²) in [5.74, 6) is -2.18. The van der Waals surface area contributed by atoms with E-state index in [1.165, 1.54) is 0 Å². The lowest BCUT2D eigenvalue weighted by molar-refractivity contribution is -0.201. The summed E-state index contributed by atoms with van der Waals surface area (Å²) in [6.07, 6.45) is 0.931. The van der Waals surface area contributed by atoms with Gasteiger partial charge in [-0.3, -0.25) is 4.79 Å². The fourth-order valence-corrected chi connectivity index (χ4v) is 4.00. The second-order valence-corrected chi connectivity index (χ2v) is 6.58. The molecule has 122 valence electrons. The van der Waals surface area contributed by atoms with Crippen LogP contribution in [0.2, 0.25) is 0 Å². The van der Waals surface area contributed by atoms with Crippen LogP contribution in [0.3, 0.4) is 0 Å². The highest BCUT2D eigenvalue weighted by molar-refractivity contribution is 6.17. The molecule has 0 aromatic heterocycles. The molecule has 3 atom stereocenters. The monoisotopic (exact) mass is 325 g/mol. The van der Waals surface area contributed by atoms with Gasteiger partial charge in [0.2, 0.25) is 5.91 Å². The highest BCUT2D eigenvalue weighted by Gasteiger charge is 2.49. The van der Waals surface area contributed by atoms with E-state index in [0.717, 1.165) is 25.7 Å². The number of amides is 1. The highest BCUT2D eigenvalue weighted by Crippen LogP contribution is 2.42. The van der Waals surface area contributed by atoms with E-state index in [1.807, 2.05) is 0 Å². The first-order valence-corrected chi connectivity index (χ1v) is 8.41. The summed E-state index contributed by atoms with van der Waals surface area (Å²) < 4.78 is 39.5. The molecule has 1 heterocycles. The van der Waals surface area contributed by atoms with E-state index >= 15 is 0 Å². The number of alkyl halides is 4. The van der Waals surface area contributed by atoms with Crippen molar-refractivity contribution in [3.63, 3.8) is 0 Å². The van der Waals surface area contributed by atoms with Crippen molar-refractivity contribution in [1.82, 2.24) is 4.90 Å². The van der Waals surface area contributed by atoms with E-state index in [0.29, 0.717) is 31.7 Å². The maximum atomic E-state index is 13.2. The van der Waals surface area contributed by atoms with Crippen molar-refractivity contribution >= 4 is 17.5 Å². The third-order valence-corrected chi connectivity index (χ3v) is 5.07. The molecule has 0 N–H and O–H groups in total. The average Bonchev–Trinajstić information content (AvgIpc) is 2.46. The number of nitrogens with zero attached hydrogens (tertiary/aromatic N) is 1. The van der Waals surface area contributed by atoms with E-state index in [9.17, 15) is 18.0 Å². The minimum absolute atomic E-state index is 0.0274. The Balaban J connectivity index is 2.11. The number of piperidine rings is 1. The normalized spacial score (nSPS) is 31.2. The van der Waals surface area contributed by atoms with Gasteiger partial charge in [0.15, 0.2) is 0 Å². The molecule has 2 fully saturated rings. The zero-order valence-corrected chi connectivity index (χ0v) is 12.9. The molecule has 0 radical (unpaired) electrons. The quantitative estimate of drug-likeness (QED) is 0.706. The van der Waals surface area contributed by atoms with E-state index in [-0.39, 0.29) is 18.4 Å². The summed E-state index contributed by atoms with van der Waals surface area (Å²) in [7, 11) is 0. The molecule has 1 saturated heterocycles. The Morgan fingerprint density at radius 1 is 1.10 bits per heavy atom. The summed E-state index contributed by atoms with van der Waals surface area (Å²) in [5, 5.41) is 0. The molecule has 1 amide bonds. The number of hydrogen-bond donors (Lipinski definition) is 0. The first-order chi connectivity index (χ1) is 9.95. The molecule has 0 spiro atoms. The largest absolute Gasteiger partial charge is 0.392 e. The number of hydrogen-bond acceptors (Lipinski definition) is 1. The minimum Gasteiger partial charge on any atom is -0.339 e. The Bertz CT molecular complexity index is 359. The predicted molar refractivity (Wildman–Crippen MR) is 76.2 cm³/mol. The molecule has 0 bridgehead atoms. The summed E-state index contributed by atoms with van der Waals surface area (Å²) in [6.45, 7) is 0.585. The van der Waals surface area contributed by atoms with Gasteiger partial charge in [-0.15, -0.1) is 11.6 Å². The van der Waals surface area contributed by atoms with Crippen LogP contribution < -0.4 is 0 Å². The molecule has 1 aliphatic carbocycles. The first-order valence-electron chi connectivity index (χ1n) is 7.88. The van der Waals surface area contributed by atoms with E-state index in [2.05, 4.69) is 0 Å². The standard InChI is InChI=1S/C15H23ClF3NO/c16-9-8-11-5-3-4-10-20(11)14(21)12-6-1-2-7-13(12)15(17,18)19/h11-13H,1-10H2. The van der Waals surface area contributed by atoms with Crippen molar-refractivity contribution in [2.75, 3.05) is 12.4 Å². The Morgan fingerprint density at radius 3 is 2.43 bits per heavy atom. The number of halogens is 4. The predicted octanol–water partition coefficient (Wildman–Crippen LogP) is 4.37. The summed E-state index contributed by atoms with van der Waals surface area (Å²) in [6, 6.07) is 0.0274. The van der Waals surface area contributed by atoms with Crippen molar-refractivity contribution in [3.05, 3.63) is 0 Å². The SMILES string of the molecule is O=C(C1CCCCC1C(F)(F)F)N1CCCCC1CCCl. The van der Waals surface area contributed by atoms with Crippen molar-refractivity contribution < 1.29 is 18.0 Å². The third-order valence-electron chi connectivity index (χ3n) is 4.86. The average molecular weight is 326 g/mol. The van der Waals surface area contributed by atoms with Gasteiger partial charge in [0, 0.05) is 24.4 Å². The van der Waals surface area contributed by atoms with Crippen molar-refractivity contribution in [2.45, 2.75) is 63.6 Å².